The largest absolute Gasteiger partial charge is 0.389 e. The second-order valence-corrected chi connectivity index (χ2v) is 6.33. The van der Waals surface area contributed by atoms with E-state index in [2.05, 4.69) is 0 Å². The Kier molecular flexibility index (Phi) is 4.87. The van der Waals surface area contributed by atoms with E-state index in [0.29, 0.717) is 11.1 Å². The number of aliphatic hydroxyl groups excluding tert-OH is 1. The molecule has 2 aromatic carbocycles. The summed E-state index contributed by atoms with van der Waals surface area (Å²) in [5.74, 6) is -0.0160. The van der Waals surface area contributed by atoms with Gasteiger partial charge in [0.2, 0.25) is 0 Å². The van der Waals surface area contributed by atoms with Gasteiger partial charge in [-0.25, -0.2) is 0 Å². The number of carbonyl (C=O) groups excluding carboxylic acids is 1. The van der Waals surface area contributed by atoms with Crippen molar-refractivity contribution in [3.63, 3.8) is 0 Å². The Morgan fingerprint density at radius 3 is 2.09 bits per heavy atom. The van der Waals surface area contributed by atoms with E-state index in [1.807, 2.05) is 69.0 Å². The van der Waals surface area contributed by atoms with Gasteiger partial charge in [-0.1, -0.05) is 36.4 Å². The maximum absolute atomic E-state index is 13.2. The second kappa shape index (κ2) is 6.49. The first-order chi connectivity index (χ1) is 10.3. The minimum Gasteiger partial charge on any atom is -0.389 e. The standard InChI is InChI=1S/C19H25NO2/c1-12(2)20(13(3)4)19(22)18-16(14(5)21)11-10-15-8-6-7-9-17(15)18/h6-14,21H,1-5H3. The van der Waals surface area contributed by atoms with Crippen molar-refractivity contribution in [1.29, 1.82) is 0 Å². The van der Waals surface area contributed by atoms with Crippen LogP contribution in [0.4, 0.5) is 0 Å². The van der Waals surface area contributed by atoms with Crippen molar-refractivity contribution >= 4 is 16.7 Å². The molecule has 1 atom stereocenters. The molecule has 118 valence electrons. The van der Waals surface area contributed by atoms with Crippen molar-refractivity contribution < 1.29 is 9.90 Å². The monoisotopic (exact) mass is 299 g/mol. The third-order valence-corrected chi connectivity index (χ3v) is 3.97. The molecule has 1 N–H and O–H groups in total. The van der Waals surface area contributed by atoms with Gasteiger partial charge in [0.25, 0.3) is 5.91 Å². The van der Waals surface area contributed by atoms with Crippen LogP contribution in [0.5, 0.6) is 0 Å². The fourth-order valence-electron chi connectivity index (χ4n) is 3.07. The smallest absolute Gasteiger partial charge is 0.255 e. The van der Waals surface area contributed by atoms with Gasteiger partial charge in [-0.15, -0.1) is 0 Å². The van der Waals surface area contributed by atoms with E-state index in [9.17, 15) is 9.90 Å². The van der Waals surface area contributed by atoms with Gasteiger partial charge < -0.3 is 10.0 Å². The third kappa shape index (κ3) is 3.00. The Morgan fingerprint density at radius 1 is 0.955 bits per heavy atom. The molecule has 3 nitrogen and oxygen atoms in total. The van der Waals surface area contributed by atoms with Crippen LogP contribution in [-0.2, 0) is 0 Å². The molecule has 2 rings (SSSR count). The zero-order valence-corrected chi connectivity index (χ0v) is 14.0. The fraction of sp³-hybridized carbons (Fsp3) is 0.421. The molecule has 0 radical (unpaired) electrons. The van der Waals surface area contributed by atoms with Crippen molar-refractivity contribution in [3.05, 3.63) is 47.5 Å². The van der Waals surface area contributed by atoms with Crippen molar-refractivity contribution in [2.45, 2.75) is 52.8 Å². The summed E-state index contributed by atoms with van der Waals surface area (Å²) >= 11 is 0. The van der Waals surface area contributed by atoms with Crippen molar-refractivity contribution in [2.75, 3.05) is 0 Å². The summed E-state index contributed by atoms with van der Waals surface area (Å²) in [7, 11) is 0. The van der Waals surface area contributed by atoms with E-state index >= 15 is 0 Å². The molecule has 1 amide bonds. The Labute approximate surface area is 132 Å². The fourth-order valence-corrected chi connectivity index (χ4v) is 3.07. The SMILES string of the molecule is CC(O)c1ccc2ccccc2c1C(=O)N(C(C)C)C(C)C. The molecule has 3 heteroatoms. The topological polar surface area (TPSA) is 40.5 Å². The first-order valence-electron chi connectivity index (χ1n) is 7.87. The van der Waals surface area contributed by atoms with Crippen molar-refractivity contribution in [1.82, 2.24) is 4.90 Å². The van der Waals surface area contributed by atoms with E-state index in [0.717, 1.165) is 10.8 Å². The number of aliphatic hydroxyl groups is 1. The minimum absolute atomic E-state index is 0.0160. The molecule has 0 bridgehead atoms. The number of nitrogens with zero attached hydrogens (tertiary/aromatic N) is 1. The molecular weight excluding hydrogens is 274 g/mol. The Morgan fingerprint density at radius 2 is 1.55 bits per heavy atom. The highest BCUT2D eigenvalue weighted by atomic mass is 16.3. The van der Waals surface area contributed by atoms with E-state index in [1.54, 1.807) is 6.92 Å². The van der Waals surface area contributed by atoms with Crippen LogP contribution in [0, 0.1) is 0 Å². The van der Waals surface area contributed by atoms with E-state index in [1.165, 1.54) is 0 Å². The molecule has 0 heterocycles. The molecule has 0 saturated heterocycles. The highest BCUT2D eigenvalue weighted by molar-refractivity contribution is 6.08. The number of carbonyl (C=O) groups is 1. The van der Waals surface area contributed by atoms with Gasteiger partial charge in [0.15, 0.2) is 0 Å². The number of benzene rings is 2. The summed E-state index contributed by atoms with van der Waals surface area (Å²) in [4.78, 5) is 15.1. The highest BCUT2D eigenvalue weighted by Gasteiger charge is 2.26. The van der Waals surface area contributed by atoms with Crippen molar-refractivity contribution in [2.24, 2.45) is 0 Å². The summed E-state index contributed by atoms with van der Waals surface area (Å²) in [6.45, 7) is 9.78. The van der Waals surface area contributed by atoms with Gasteiger partial charge in [-0.3, -0.25) is 4.79 Å². The summed E-state index contributed by atoms with van der Waals surface area (Å²) in [6.07, 6.45) is -0.676. The Hall–Kier alpha value is -1.87. The molecule has 0 aliphatic heterocycles. The first kappa shape index (κ1) is 16.5. The van der Waals surface area contributed by atoms with Crippen LogP contribution in [0.2, 0.25) is 0 Å². The maximum Gasteiger partial charge on any atom is 0.255 e. The molecule has 22 heavy (non-hydrogen) atoms. The number of fused-ring (bicyclic) bond motifs is 1. The Balaban J connectivity index is 2.70. The van der Waals surface area contributed by atoms with Crippen LogP contribution in [-0.4, -0.2) is 28.0 Å². The van der Waals surface area contributed by atoms with E-state index in [-0.39, 0.29) is 18.0 Å². The van der Waals surface area contributed by atoms with Crippen LogP contribution < -0.4 is 0 Å². The lowest BCUT2D eigenvalue weighted by molar-refractivity contribution is 0.0640. The van der Waals surface area contributed by atoms with Crippen LogP contribution >= 0.6 is 0 Å². The summed E-state index contributed by atoms with van der Waals surface area (Å²) in [5, 5.41) is 12.0. The van der Waals surface area contributed by atoms with Gasteiger partial charge in [0.05, 0.1) is 11.7 Å². The molecule has 0 aromatic heterocycles. The van der Waals surface area contributed by atoms with Gasteiger partial charge in [0, 0.05) is 12.1 Å². The molecule has 0 spiro atoms. The molecule has 1 unspecified atom stereocenters. The van der Waals surface area contributed by atoms with Crippen LogP contribution in [0.3, 0.4) is 0 Å². The minimum atomic E-state index is -0.676. The predicted octanol–water partition coefficient (Wildman–Crippen LogP) is 4.15. The van der Waals surface area contributed by atoms with E-state index < -0.39 is 6.10 Å². The van der Waals surface area contributed by atoms with Gasteiger partial charge >= 0.3 is 0 Å². The normalized spacial score (nSPS) is 12.9. The Bertz CT molecular complexity index is 666. The summed E-state index contributed by atoms with van der Waals surface area (Å²) < 4.78 is 0. The van der Waals surface area contributed by atoms with Crippen LogP contribution in [0.25, 0.3) is 10.8 Å². The summed E-state index contributed by atoms with van der Waals surface area (Å²) in [5.41, 5.74) is 1.31. The lowest BCUT2D eigenvalue weighted by atomic mass is 9.94. The number of hydrogen-bond acceptors (Lipinski definition) is 2. The molecule has 2 aromatic rings. The van der Waals surface area contributed by atoms with Gasteiger partial charge in [-0.05, 0) is 51.0 Å². The molecule has 0 fully saturated rings. The van der Waals surface area contributed by atoms with Crippen molar-refractivity contribution in [3.8, 4) is 0 Å². The summed E-state index contributed by atoms with van der Waals surface area (Å²) in [6, 6.07) is 11.9. The lowest BCUT2D eigenvalue weighted by Crippen LogP contribution is -2.42. The molecule has 0 saturated carbocycles. The van der Waals surface area contributed by atoms with E-state index in [4.69, 9.17) is 0 Å². The number of rotatable bonds is 4. The van der Waals surface area contributed by atoms with Crippen LogP contribution in [0.1, 0.15) is 56.6 Å². The molecular formula is C19H25NO2. The maximum atomic E-state index is 13.2. The number of amides is 1. The molecule has 0 aliphatic rings. The molecule has 0 aliphatic carbocycles. The second-order valence-electron chi connectivity index (χ2n) is 6.33. The lowest BCUT2D eigenvalue weighted by Gasteiger charge is -2.32. The zero-order valence-electron chi connectivity index (χ0n) is 14.0. The van der Waals surface area contributed by atoms with Crippen LogP contribution in [0.15, 0.2) is 36.4 Å². The average molecular weight is 299 g/mol. The predicted molar refractivity (Wildman–Crippen MR) is 91.0 cm³/mol. The highest BCUT2D eigenvalue weighted by Crippen LogP contribution is 2.29. The van der Waals surface area contributed by atoms with Gasteiger partial charge in [0.1, 0.15) is 0 Å². The first-order valence-corrected chi connectivity index (χ1v) is 7.87. The average Bonchev–Trinajstić information content (AvgIpc) is 2.44. The quantitative estimate of drug-likeness (QED) is 0.921. The van der Waals surface area contributed by atoms with Gasteiger partial charge in [-0.2, -0.15) is 0 Å². The number of hydrogen-bond donors (Lipinski definition) is 1. The zero-order chi connectivity index (χ0) is 16.4. The third-order valence-electron chi connectivity index (χ3n) is 3.97.